The van der Waals surface area contributed by atoms with E-state index in [1.807, 2.05) is 30.3 Å². The van der Waals surface area contributed by atoms with Crippen LogP contribution in [-0.2, 0) is 33.5 Å². The lowest BCUT2D eigenvalue weighted by molar-refractivity contribution is -0.227. The minimum Gasteiger partial charge on any atom is -0.373 e. The third-order valence-electron chi connectivity index (χ3n) is 6.64. The van der Waals surface area contributed by atoms with Gasteiger partial charge < -0.3 is 14.2 Å². The predicted octanol–water partition coefficient (Wildman–Crippen LogP) is 6.66. The molecule has 0 bridgehead atoms. The van der Waals surface area contributed by atoms with Crippen LogP contribution in [0.25, 0.3) is 10.8 Å². The van der Waals surface area contributed by atoms with E-state index in [1.165, 1.54) is 25.0 Å². The van der Waals surface area contributed by atoms with Crippen molar-refractivity contribution < 1.29 is 23.0 Å². The molecule has 190 valence electrons. The first kappa shape index (κ1) is 26.2. The average Bonchev–Trinajstić information content (AvgIpc) is 2.90. The Morgan fingerprint density at radius 1 is 0.944 bits per heavy atom. The van der Waals surface area contributed by atoms with Crippen molar-refractivity contribution in [2.45, 2.75) is 64.3 Å². The summed E-state index contributed by atoms with van der Waals surface area (Å²) in [6, 6.07) is 15.9. The maximum atomic E-state index is 15.2. The van der Waals surface area contributed by atoms with Gasteiger partial charge in [-0.05, 0) is 59.9 Å². The number of ether oxygens (including phenoxy) is 3. The highest BCUT2D eigenvalue weighted by Crippen LogP contribution is 2.25. The van der Waals surface area contributed by atoms with Crippen LogP contribution in [0.4, 0.5) is 8.78 Å². The van der Waals surface area contributed by atoms with Gasteiger partial charge in [0.1, 0.15) is 23.8 Å². The molecule has 3 aromatic carbocycles. The van der Waals surface area contributed by atoms with Crippen LogP contribution in [0.5, 0.6) is 0 Å². The number of unbranched alkanes of at least 4 members (excludes halogenated alkanes) is 2. The number of nitrogens with zero attached hydrogens (tertiary/aromatic N) is 1. The van der Waals surface area contributed by atoms with Gasteiger partial charge in [0, 0.05) is 18.4 Å². The van der Waals surface area contributed by atoms with Crippen LogP contribution < -0.4 is 0 Å². The van der Waals surface area contributed by atoms with E-state index in [2.05, 4.69) is 6.92 Å². The standard InChI is InChI=1S/C30H33F2NO3/c1-2-3-4-15-34-26-19-35-29(36-20-26)14-8-21-7-13-27-24(16-21)12-11-23(30(27)32)9-5-22-6-10-25(18-33)28(31)17-22/h6-7,10-13,16-17,26,29H,2-5,8-9,14-15,19-20H2,1H3. The summed E-state index contributed by atoms with van der Waals surface area (Å²) in [6.45, 7) is 4.03. The second kappa shape index (κ2) is 12.9. The van der Waals surface area contributed by atoms with Crippen LogP contribution in [0.3, 0.4) is 0 Å². The zero-order valence-corrected chi connectivity index (χ0v) is 20.8. The van der Waals surface area contributed by atoms with Crippen LogP contribution in [0.15, 0.2) is 48.5 Å². The van der Waals surface area contributed by atoms with E-state index >= 15 is 4.39 Å². The Labute approximate surface area is 211 Å². The summed E-state index contributed by atoms with van der Waals surface area (Å²) in [4.78, 5) is 0. The lowest BCUT2D eigenvalue weighted by Crippen LogP contribution is -2.37. The molecule has 0 atom stereocenters. The Bertz CT molecular complexity index is 1200. The number of rotatable bonds is 11. The predicted molar refractivity (Wildman–Crippen MR) is 136 cm³/mol. The van der Waals surface area contributed by atoms with Crippen LogP contribution in [-0.4, -0.2) is 32.2 Å². The van der Waals surface area contributed by atoms with Crippen LogP contribution in [0.2, 0.25) is 0 Å². The molecule has 36 heavy (non-hydrogen) atoms. The van der Waals surface area contributed by atoms with Gasteiger partial charge in [-0.25, -0.2) is 8.78 Å². The van der Waals surface area contributed by atoms with Gasteiger partial charge in [-0.3, -0.25) is 0 Å². The first-order valence-electron chi connectivity index (χ1n) is 12.8. The van der Waals surface area contributed by atoms with E-state index in [-0.39, 0.29) is 23.8 Å². The minimum absolute atomic E-state index is 0.00637. The molecule has 1 aliphatic heterocycles. The maximum Gasteiger partial charge on any atom is 0.158 e. The third kappa shape index (κ3) is 6.88. The minimum atomic E-state index is -0.541. The summed E-state index contributed by atoms with van der Waals surface area (Å²) < 4.78 is 46.5. The molecule has 0 unspecified atom stereocenters. The van der Waals surface area contributed by atoms with Gasteiger partial charge in [-0.15, -0.1) is 0 Å². The molecule has 0 saturated carbocycles. The second-order valence-electron chi connectivity index (χ2n) is 9.35. The van der Waals surface area contributed by atoms with Gasteiger partial charge in [-0.1, -0.05) is 56.2 Å². The monoisotopic (exact) mass is 493 g/mol. The van der Waals surface area contributed by atoms with Gasteiger partial charge >= 0.3 is 0 Å². The summed E-state index contributed by atoms with van der Waals surface area (Å²) in [5.74, 6) is -0.779. The van der Waals surface area contributed by atoms with E-state index < -0.39 is 5.82 Å². The molecular formula is C30H33F2NO3. The molecule has 1 heterocycles. The number of hydrogen-bond acceptors (Lipinski definition) is 4. The van der Waals surface area contributed by atoms with Crippen molar-refractivity contribution in [2.24, 2.45) is 0 Å². The lowest BCUT2D eigenvalue weighted by Gasteiger charge is -2.29. The molecule has 6 heteroatoms. The van der Waals surface area contributed by atoms with Crippen LogP contribution >= 0.6 is 0 Å². The van der Waals surface area contributed by atoms with Gasteiger partial charge in [0.25, 0.3) is 0 Å². The van der Waals surface area contributed by atoms with Crippen molar-refractivity contribution in [3.63, 3.8) is 0 Å². The quantitative estimate of drug-likeness (QED) is 0.281. The number of halogens is 2. The van der Waals surface area contributed by atoms with Crippen molar-refractivity contribution in [2.75, 3.05) is 19.8 Å². The van der Waals surface area contributed by atoms with Crippen LogP contribution in [0.1, 0.15) is 54.9 Å². The smallest absolute Gasteiger partial charge is 0.158 e. The van der Waals surface area contributed by atoms with Gasteiger partial charge in [0.2, 0.25) is 0 Å². The number of benzene rings is 3. The lowest BCUT2D eigenvalue weighted by atomic mass is 9.98. The first-order chi connectivity index (χ1) is 17.6. The Kier molecular flexibility index (Phi) is 9.41. The molecular weight excluding hydrogens is 460 g/mol. The molecule has 0 spiro atoms. The van der Waals surface area contributed by atoms with Crippen molar-refractivity contribution in [1.82, 2.24) is 0 Å². The molecule has 1 aliphatic rings. The van der Waals surface area contributed by atoms with E-state index in [0.717, 1.165) is 42.4 Å². The highest BCUT2D eigenvalue weighted by molar-refractivity contribution is 5.84. The molecule has 0 amide bonds. The molecule has 4 rings (SSSR count). The molecule has 0 aromatic heterocycles. The highest BCUT2D eigenvalue weighted by Gasteiger charge is 2.22. The van der Waals surface area contributed by atoms with Crippen molar-refractivity contribution >= 4 is 10.8 Å². The maximum absolute atomic E-state index is 15.2. The fourth-order valence-electron chi connectivity index (χ4n) is 4.49. The first-order valence-corrected chi connectivity index (χ1v) is 12.8. The Morgan fingerprint density at radius 3 is 2.47 bits per heavy atom. The summed E-state index contributed by atoms with van der Waals surface area (Å²) in [5.41, 5.74) is 2.45. The third-order valence-corrected chi connectivity index (χ3v) is 6.64. The highest BCUT2D eigenvalue weighted by atomic mass is 19.1. The largest absolute Gasteiger partial charge is 0.373 e. The summed E-state index contributed by atoms with van der Waals surface area (Å²) in [6.07, 6.45) is 5.63. The molecule has 0 aliphatic carbocycles. The molecule has 1 fully saturated rings. The van der Waals surface area contributed by atoms with E-state index in [0.29, 0.717) is 37.0 Å². The Balaban J connectivity index is 1.29. The molecule has 1 saturated heterocycles. The normalized spacial score (nSPS) is 17.8. The molecule has 4 nitrogen and oxygen atoms in total. The van der Waals surface area contributed by atoms with Crippen molar-refractivity contribution in [1.29, 1.82) is 5.26 Å². The average molecular weight is 494 g/mol. The zero-order valence-electron chi connectivity index (χ0n) is 20.8. The molecule has 0 N–H and O–H groups in total. The number of hydrogen-bond donors (Lipinski definition) is 0. The van der Waals surface area contributed by atoms with Crippen molar-refractivity contribution in [3.8, 4) is 6.07 Å². The fourth-order valence-corrected chi connectivity index (χ4v) is 4.49. The second-order valence-corrected chi connectivity index (χ2v) is 9.35. The summed E-state index contributed by atoms with van der Waals surface area (Å²) in [7, 11) is 0. The topological polar surface area (TPSA) is 51.5 Å². The van der Waals surface area contributed by atoms with Gasteiger partial charge in [0.05, 0.1) is 18.8 Å². The summed E-state index contributed by atoms with van der Waals surface area (Å²) in [5, 5.41) is 10.3. The van der Waals surface area contributed by atoms with Crippen LogP contribution in [0, 0.1) is 23.0 Å². The van der Waals surface area contributed by atoms with E-state index in [4.69, 9.17) is 19.5 Å². The van der Waals surface area contributed by atoms with E-state index in [9.17, 15) is 4.39 Å². The number of nitriles is 1. The Hall–Kier alpha value is -2.85. The molecule has 3 aromatic rings. The SMILES string of the molecule is CCCCCOC1COC(CCc2ccc3c(F)c(CCc4ccc(C#N)c(F)c4)ccc3c2)OC1. The van der Waals surface area contributed by atoms with Gasteiger partial charge in [-0.2, -0.15) is 5.26 Å². The summed E-state index contributed by atoms with van der Waals surface area (Å²) >= 11 is 0. The Morgan fingerprint density at radius 2 is 1.72 bits per heavy atom. The van der Waals surface area contributed by atoms with E-state index in [1.54, 1.807) is 12.1 Å². The fraction of sp³-hybridized carbons (Fsp3) is 0.433. The number of fused-ring (bicyclic) bond motifs is 1. The molecule has 0 radical (unpaired) electrons. The number of aryl methyl sites for hydroxylation is 3. The van der Waals surface area contributed by atoms with Crippen molar-refractivity contribution in [3.05, 3.63) is 82.4 Å². The van der Waals surface area contributed by atoms with Gasteiger partial charge in [0.15, 0.2) is 6.29 Å². The zero-order chi connectivity index (χ0) is 25.3.